The number of carbonyl (C=O) groups excluding carboxylic acids is 2. The van der Waals surface area contributed by atoms with E-state index in [-0.39, 0.29) is 29.0 Å². The number of nitrogens with zero attached hydrogens (tertiary/aromatic N) is 2. The molecule has 1 saturated heterocycles. The summed E-state index contributed by atoms with van der Waals surface area (Å²) in [5, 5.41) is 0. The molecule has 0 N–H and O–H groups in total. The van der Waals surface area contributed by atoms with Crippen LogP contribution in [0.15, 0.2) is 11.0 Å². The smallest absolute Gasteiger partial charge is 0.343 e. The van der Waals surface area contributed by atoms with Crippen molar-refractivity contribution in [2.45, 2.75) is 25.7 Å². The quantitative estimate of drug-likeness (QED) is 0.706. The summed E-state index contributed by atoms with van der Waals surface area (Å²) in [7, 11) is 2.48. The molecule has 118 valence electrons. The number of hydrogen-bond donors (Lipinski definition) is 0. The highest BCUT2D eigenvalue weighted by molar-refractivity contribution is 5.98. The fraction of sp³-hybridized carbons (Fsp3) is 0.500. The van der Waals surface area contributed by atoms with E-state index < -0.39 is 17.6 Å². The summed E-state index contributed by atoms with van der Waals surface area (Å²) < 4.78 is 16.8. The Labute approximate surface area is 126 Å². The summed E-state index contributed by atoms with van der Waals surface area (Å²) in [5.41, 5.74) is -0.690. The second-order valence-electron chi connectivity index (χ2n) is 5.25. The van der Waals surface area contributed by atoms with Crippen LogP contribution in [0.3, 0.4) is 0 Å². The van der Waals surface area contributed by atoms with Crippen LogP contribution in [-0.2, 0) is 16.0 Å². The van der Waals surface area contributed by atoms with Crippen LogP contribution < -0.4 is 10.2 Å². The lowest BCUT2D eigenvalue weighted by atomic mass is 10.1. The highest BCUT2D eigenvalue weighted by Gasteiger charge is 2.43. The molecule has 0 aliphatic carbocycles. The summed E-state index contributed by atoms with van der Waals surface area (Å²) in [5.74, 6) is -1.26. The Bertz CT molecular complexity index is 710. The zero-order valence-corrected chi connectivity index (χ0v) is 12.5. The van der Waals surface area contributed by atoms with E-state index in [9.17, 15) is 14.4 Å². The molecule has 3 rings (SSSR count). The number of ether oxygens (including phenoxy) is 3. The molecule has 0 aromatic carbocycles. The molecular weight excluding hydrogens is 292 g/mol. The van der Waals surface area contributed by atoms with Gasteiger partial charge in [0.25, 0.3) is 5.91 Å². The van der Waals surface area contributed by atoms with Gasteiger partial charge in [0.1, 0.15) is 5.56 Å². The van der Waals surface area contributed by atoms with Gasteiger partial charge in [0.15, 0.2) is 17.7 Å². The number of amides is 1. The van der Waals surface area contributed by atoms with Gasteiger partial charge in [-0.15, -0.1) is 0 Å². The lowest BCUT2D eigenvalue weighted by molar-refractivity contribution is 0.00611. The molecule has 1 fully saturated rings. The maximum absolute atomic E-state index is 12.7. The van der Waals surface area contributed by atoms with Crippen LogP contribution in [0.1, 0.15) is 27.8 Å². The van der Waals surface area contributed by atoms with Crippen LogP contribution in [-0.4, -0.2) is 54.4 Å². The molecule has 1 amide bonds. The number of carbonyl (C=O) groups is 2. The first-order valence-electron chi connectivity index (χ1n) is 6.83. The van der Waals surface area contributed by atoms with E-state index in [0.29, 0.717) is 13.2 Å². The summed E-state index contributed by atoms with van der Waals surface area (Å²) in [6.45, 7) is 2.63. The van der Waals surface area contributed by atoms with Crippen molar-refractivity contribution in [1.82, 2.24) is 9.47 Å². The van der Waals surface area contributed by atoms with Crippen molar-refractivity contribution in [3.8, 4) is 5.75 Å². The number of aromatic nitrogens is 1. The Kier molecular flexibility index (Phi) is 3.40. The van der Waals surface area contributed by atoms with Crippen molar-refractivity contribution in [2.75, 3.05) is 20.8 Å². The Morgan fingerprint density at radius 2 is 2.09 bits per heavy atom. The lowest BCUT2D eigenvalue weighted by Crippen LogP contribution is -2.49. The Morgan fingerprint density at radius 1 is 1.36 bits per heavy atom. The second-order valence-corrected chi connectivity index (χ2v) is 5.25. The number of hydrogen-bond acceptors (Lipinski definition) is 6. The third kappa shape index (κ3) is 1.91. The van der Waals surface area contributed by atoms with Crippen LogP contribution in [0.25, 0.3) is 0 Å². The minimum Gasteiger partial charge on any atom is -0.491 e. The summed E-state index contributed by atoms with van der Waals surface area (Å²) >= 11 is 0. The fourth-order valence-corrected chi connectivity index (χ4v) is 2.90. The van der Waals surface area contributed by atoms with Crippen molar-refractivity contribution >= 4 is 11.9 Å². The molecule has 0 spiro atoms. The van der Waals surface area contributed by atoms with Gasteiger partial charge in [-0.2, -0.15) is 0 Å². The number of rotatable bonds is 2. The average molecular weight is 308 g/mol. The van der Waals surface area contributed by atoms with Crippen LogP contribution in [0, 0.1) is 0 Å². The van der Waals surface area contributed by atoms with Crippen LogP contribution in [0.2, 0.25) is 0 Å². The van der Waals surface area contributed by atoms with Gasteiger partial charge in [0.05, 0.1) is 33.4 Å². The molecule has 2 atom stereocenters. The molecule has 22 heavy (non-hydrogen) atoms. The maximum atomic E-state index is 12.7. The van der Waals surface area contributed by atoms with E-state index in [0.717, 1.165) is 0 Å². The molecule has 1 aromatic rings. The molecule has 3 heterocycles. The summed E-state index contributed by atoms with van der Waals surface area (Å²) in [6.07, 6.45) is 0.917. The molecule has 0 saturated carbocycles. The topological polar surface area (TPSA) is 87.1 Å². The molecule has 2 aliphatic heterocycles. The van der Waals surface area contributed by atoms with E-state index >= 15 is 0 Å². The molecule has 0 bridgehead atoms. The fourth-order valence-electron chi connectivity index (χ4n) is 2.90. The predicted molar refractivity (Wildman–Crippen MR) is 74.0 cm³/mol. The van der Waals surface area contributed by atoms with E-state index in [4.69, 9.17) is 9.47 Å². The third-order valence-electron chi connectivity index (χ3n) is 3.95. The maximum Gasteiger partial charge on any atom is 0.343 e. The van der Waals surface area contributed by atoms with Gasteiger partial charge in [-0.3, -0.25) is 9.59 Å². The van der Waals surface area contributed by atoms with Crippen molar-refractivity contribution < 1.29 is 23.8 Å². The molecule has 2 aliphatic rings. The minimum absolute atomic E-state index is 0.0775. The van der Waals surface area contributed by atoms with Gasteiger partial charge >= 0.3 is 5.97 Å². The Balaban J connectivity index is 2.21. The van der Waals surface area contributed by atoms with Crippen LogP contribution >= 0.6 is 0 Å². The first-order chi connectivity index (χ1) is 10.5. The van der Waals surface area contributed by atoms with Crippen molar-refractivity contribution in [3.05, 3.63) is 27.7 Å². The summed E-state index contributed by atoms with van der Waals surface area (Å²) in [6, 6.07) is -0.0775. The van der Waals surface area contributed by atoms with Gasteiger partial charge in [-0.25, -0.2) is 4.79 Å². The minimum atomic E-state index is -0.769. The highest BCUT2D eigenvalue weighted by atomic mass is 16.5. The SMILES string of the molecule is COC(=O)c1cn2c(c(OC)c1=O)C(=O)N1[C@@H](C)CO[C@@H]1C2. The van der Waals surface area contributed by atoms with Gasteiger partial charge < -0.3 is 23.7 Å². The zero-order valence-electron chi connectivity index (χ0n) is 12.5. The van der Waals surface area contributed by atoms with E-state index in [1.165, 1.54) is 25.0 Å². The van der Waals surface area contributed by atoms with Gasteiger partial charge in [-0.1, -0.05) is 0 Å². The first kappa shape index (κ1) is 14.6. The monoisotopic (exact) mass is 308 g/mol. The molecule has 0 unspecified atom stereocenters. The number of pyridine rings is 1. The second kappa shape index (κ2) is 5.13. The molecule has 8 nitrogen and oxygen atoms in total. The molecule has 0 radical (unpaired) electrons. The summed E-state index contributed by atoms with van der Waals surface area (Å²) in [4.78, 5) is 38.4. The van der Waals surface area contributed by atoms with E-state index in [1.54, 1.807) is 4.90 Å². The first-order valence-corrected chi connectivity index (χ1v) is 6.83. The van der Waals surface area contributed by atoms with Crippen molar-refractivity contribution in [1.29, 1.82) is 0 Å². The van der Waals surface area contributed by atoms with E-state index in [2.05, 4.69) is 4.74 Å². The van der Waals surface area contributed by atoms with Gasteiger partial charge in [0.2, 0.25) is 5.43 Å². The van der Waals surface area contributed by atoms with Crippen LogP contribution in [0.4, 0.5) is 0 Å². The Morgan fingerprint density at radius 3 is 2.73 bits per heavy atom. The largest absolute Gasteiger partial charge is 0.491 e. The lowest BCUT2D eigenvalue weighted by Gasteiger charge is -2.34. The normalized spacial score (nSPS) is 23.0. The number of esters is 1. The Hall–Kier alpha value is -2.35. The van der Waals surface area contributed by atoms with Gasteiger partial charge in [-0.05, 0) is 6.92 Å². The third-order valence-corrected chi connectivity index (χ3v) is 3.95. The highest BCUT2D eigenvalue weighted by Crippen LogP contribution is 2.29. The number of methoxy groups -OCH3 is 2. The zero-order chi connectivity index (χ0) is 16.0. The molecule has 8 heteroatoms. The number of fused-ring (bicyclic) bond motifs is 2. The van der Waals surface area contributed by atoms with Crippen molar-refractivity contribution in [3.63, 3.8) is 0 Å². The molecule has 1 aromatic heterocycles. The van der Waals surface area contributed by atoms with E-state index in [1.807, 2.05) is 6.92 Å². The van der Waals surface area contributed by atoms with Crippen molar-refractivity contribution in [2.24, 2.45) is 0 Å². The van der Waals surface area contributed by atoms with Crippen LogP contribution in [0.5, 0.6) is 5.75 Å². The average Bonchev–Trinajstić information content (AvgIpc) is 2.88. The standard InChI is InChI=1S/C14H16N2O6/c1-7-6-22-9-5-15-4-8(14(19)21-3)11(17)12(20-2)10(15)13(18)16(7)9/h4,7,9H,5-6H2,1-3H3/t7-,9+/m0/s1. The van der Waals surface area contributed by atoms with Gasteiger partial charge in [0, 0.05) is 6.20 Å². The predicted octanol–water partition coefficient (Wildman–Crippen LogP) is -0.156. The molecular formula is C14H16N2O6.